The molecule has 1 aromatic rings. The van der Waals surface area contributed by atoms with Gasteiger partial charge in [0.1, 0.15) is 6.54 Å². The highest BCUT2D eigenvalue weighted by Gasteiger charge is 2.21. The van der Waals surface area contributed by atoms with Crippen LogP contribution in [0, 0.1) is 0 Å². The van der Waals surface area contributed by atoms with Crippen molar-refractivity contribution in [2.75, 3.05) is 0 Å². The maximum atomic E-state index is 11.9. The van der Waals surface area contributed by atoms with Gasteiger partial charge in [-0.3, -0.25) is 23.5 Å². The van der Waals surface area contributed by atoms with Gasteiger partial charge in [0.15, 0.2) is 0 Å². The van der Waals surface area contributed by atoms with Crippen molar-refractivity contribution in [1.82, 2.24) is 14.5 Å². The van der Waals surface area contributed by atoms with Crippen molar-refractivity contribution in [3.8, 4) is 0 Å². The molecule has 1 heterocycles. The molecular weight excluding hydrogens is 278 g/mol. The molecule has 2 N–H and O–H groups in total. The number of aromatic nitrogens is 2. The summed E-state index contributed by atoms with van der Waals surface area (Å²) in [5.41, 5.74) is -1.72. The van der Waals surface area contributed by atoms with Crippen LogP contribution in [0.4, 0.5) is 0 Å². The van der Waals surface area contributed by atoms with E-state index in [0.29, 0.717) is 0 Å². The normalized spacial score (nSPS) is 11.2. The second-order valence-electron chi connectivity index (χ2n) is 5.45. The first-order valence-corrected chi connectivity index (χ1v) is 6.42. The Labute approximate surface area is 121 Å². The van der Waals surface area contributed by atoms with E-state index in [-0.39, 0.29) is 19.4 Å². The molecule has 21 heavy (non-hydrogen) atoms. The third-order valence-electron chi connectivity index (χ3n) is 3.02. The van der Waals surface area contributed by atoms with Crippen molar-refractivity contribution in [2.45, 2.75) is 38.8 Å². The van der Waals surface area contributed by atoms with E-state index >= 15 is 0 Å². The highest BCUT2D eigenvalue weighted by Crippen LogP contribution is 2.10. The Kier molecular flexibility index (Phi) is 5.07. The molecule has 0 saturated carbocycles. The van der Waals surface area contributed by atoms with E-state index in [1.165, 1.54) is 19.3 Å². The molecule has 0 aliphatic heterocycles. The number of amides is 1. The van der Waals surface area contributed by atoms with Gasteiger partial charge < -0.3 is 10.4 Å². The molecule has 0 aliphatic rings. The van der Waals surface area contributed by atoms with Gasteiger partial charge in [-0.15, -0.1) is 0 Å². The van der Waals surface area contributed by atoms with E-state index in [1.807, 2.05) is 0 Å². The van der Waals surface area contributed by atoms with Crippen molar-refractivity contribution in [3.63, 3.8) is 0 Å². The van der Waals surface area contributed by atoms with E-state index < -0.39 is 28.7 Å². The molecule has 8 heteroatoms. The molecule has 0 spiro atoms. The Morgan fingerprint density at radius 3 is 2.52 bits per heavy atom. The largest absolute Gasteiger partial charge is 0.481 e. The van der Waals surface area contributed by atoms with Gasteiger partial charge in [0.2, 0.25) is 5.91 Å². The van der Waals surface area contributed by atoms with Crippen LogP contribution in [0.15, 0.2) is 21.9 Å². The summed E-state index contributed by atoms with van der Waals surface area (Å²) in [7, 11) is 1.33. The summed E-state index contributed by atoms with van der Waals surface area (Å²) in [4.78, 5) is 45.5. The predicted octanol–water partition coefficient (Wildman–Crippen LogP) is -0.693. The third-order valence-corrected chi connectivity index (χ3v) is 3.02. The SMILES string of the molecule is Cn1c(=O)ccn(CC(=O)NC(C)(C)CCC(=O)O)c1=O. The van der Waals surface area contributed by atoms with Crippen LogP contribution in [0.1, 0.15) is 26.7 Å². The van der Waals surface area contributed by atoms with Crippen LogP contribution >= 0.6 is 0 Å². The smallest absolute Gasteiger partial charge is 0.331 e. The average Bonchev–Trinajstić information content (AvgIpc) is 2.37. The minimum atomic E-state index is -0.938. The van der Waals surface area contributed by atoms with Crippen LogP contribution in [-0.2, 0) is 23.2 Å². The summed E-state index contributed by atoms with van der Waals surface area (Å²) in [6.07, 6.45) is 1.47. The fourth-order valence-electron chi connectivity index (χ4n) is 1.79. The van der Waals surface area contributed by atoms with Crippen molar-refractivity contribution >= 4 is 11.9 Å². The van der Waals surface area contributed by atoms with Crippen LogP contribution in [0.3, 0.4) is 0 Å². The van der Waals surface area contributed by atoms with Crippen LogP contribution in [0.25, 0.3) is 0 Å². The van der Waals surface area contributed by atoms with Crippen LogP contribution in [0.2, 0.25) is 0 Å². The van der Waals surface area contributed by atoms with E-state index in [1.54, 1.807) is 13.8 Å². The lowest BCUT2D eigenvalue weighted by Crippen LogP contribution is -2.47. The highest BCUT2D eigenvalue weighted by atomic mass is 16.4. The van der Waals surface area contributed by atoms with Gasteiger partial charge in [-0.2, -0.15) is 0 Å². The number of nitrogens with one attached hydrogen (secondary N) is 1. The number of hydrogen-bond acceptors (Lipinski definition) is 4. The maximum Gasteiger partial charge on any atom is 0.331 e. The lowest BCUT2D eigenvalue weighted by atomic mass is 9.98. The quantitative estimate of drug-likeness (QED) is 0.722. The number of rotatable bonds is 6. The zero-order valence-electron chi connectivity index (χ0n) is 12.3. The summed E-state index contributed by atoms with van der Waals surface area (Å²) < 4.78 is 2.02. The Bertz CT molecular complexity index is 657. The topological polar surface area (TPSA) is 110 Å². The first-order valence-electron chi connectivity index (χ1n) is 6.42. The summed E-state index contributed by atoms with van der Waals surface area (Å²) in [6.45, 7) is 3.18. The summed E-state index contributed by atoms with van der Waals surface area (Å²) >= 11 is 0. The number of carboxylic acid groups (broad SMARTS) is 1. The number of aliphatic carboxylic acids is 1. The molecule has 0 fully saturated rings. The molecule has 0 unspecified atom stereocenters. The number of carboxylic acids is 1. The lowest BCUT2D eigenvalue weighted by molar-refractivity contribution is -0.137. The van der Waals surface area contributed by atoms with Gasteiger partial charge in [0, 0.05) is 31.3 Å². The number of carbonyl (C=O) groups excluding carboxylic acids is 1. The molecule has 1 amide bonds. The standard InChI is InChI=1S/C13H19N3O5/c1-13(2,6-4-11(19)20)14-9(17)8-16-7-5-10(18)15(3)12(16)21/h5,7H,4,6,8H2,1-3H3,(H,14,17)(H,19,20). The molecule has 116 valence electrons. The number of carbonyl (C=O) groups is 2. The van der Waals surface area contributed by atoms with Gasteiger partial charge in [-0.1, -0.05) is 0 Å². The average molecular weight is 297 g/mol. The molecule has 8 nitrogen and oxygen atoms in total. The zero-order chi connectivity index (χ0) is 16.2. The Balaban J connectivity index is 2.74. The second-order valence-corrected chi connectivity index (χ2v) is 5.45. The number of nitrogens with zero attached hydrogens (tertiary/aromatic N) is 2. The lowest BCUT2D eigenvalue weighted by Gasteiger charge is -2.25. The van der Waals surface area contributed by atoms with Gasteiger partial charge in [-0.05, 0) is 20.3 Å². The molecule has 1 rings (SSSR count). The molecule has 0 aliphatic carbocycles. The second kappa shape index (κ2) is 6.38. The molecule has 0 atom stereocenters. The third kappa shape index (κ3) is 4.90. The Morgan fingerprint density at radius 1 is 1.33 bits per heavy atom. The fraction of sp³-hybridized carbons (Fsp3) is 0.538. The van der Waals surface area contributed by atoms with Crippen molar-refractivity contribution in [1.29, 1.82) is 0 Å². The van der Waals surface area contributed by atoms with E-state index in [4.69, 9.17) is 5.11 Å². The van der Waals surface area contributed by atoms with Gasteiger partial charge in [-0.25, -0.2) is 4.79 Å². The summed E-state index contributed by atoms with van der Waals surface area (Å²) in [5, 5.41) is 11.3. The minimum Gasteiger partial charge on any atom is -0.481 e. The zero-order valence-corrected chi connectivity index (χ0v) is 12.3. The molecule has 1 aromatic heterocycles. The molecule has 0 aromatic carbocycles. The van der Waals surface area contributed by atoms with Gasteiger partial charge in [0.25, 0.3) is 5.56 Å². The highest BCUT2D eigenvalue weighted by molar-refractivity contribution is 5.76. The first kappa shape index (κ1) is 16.7. The minimum absolute atomic E-state index is 0.0624. The molecular formula is C13H19N3O5. The summed E-state index contributed by atoms with van der Waals surface area (Å²) in [6, 6.07) is 1.20. The van der Waals surface area contributed by atoms with Crippen LogP contribution in [-0.4, -0.2) is 31.7 Å². The van der Waals surface area contributed by atoms with Gasteiger partial charge in [0.05, 0.1) is 0 Å². The number of hydrogen-bond donors (Lipinski definition) is 2. The molecule has 0 bridgehead atoms. The summed E-state index contributed by atoms with van der Waals surface area (Å²) in [5.74, 6) is -1.36. The Hall–Kier alpha value is -2.38. The maximum absolute atomic E-state index is 11.9. The molecule has 0 radical (unpaired) electrons. The molecule has 0 saturated heterocycles. The fourth-order valence-corrected chi connectivity index (χ4v) is 1.79. The Morgan fingerprint density at radius 2 is 1.95 bits per heavy atom. The first-order chi connectivity index (χ1) is 9.62. The van der Waals surface area contributed by atoms with Crippen LogP contribution in [0.5, 0.6) is 0 Å². The van der Waals surface area contributed by atoms with E-state index in [9.17, 15) is 19.2 Å². The van der Waals surface area contributed by atoms with Crippen molar-refractivity contribution < 1.29 is 14.7 Å². The van der Waals surface area contributed by atoms with Crippen LogP contribution < -0.4 is 16.6 Å². The van der Waals surface area contributed by atoms with E-state index in [0.717, 1.165) is 9.13 Å². The monoisotopic (exact) mass is 297 g/mol. The van der Waals surface area contributed by atoms with E-state index in [2.05, 4.69) is 5.32 Å². The van der Waals surface area contributed by atoms with Crippen molar-refractivity contribution in [2.24, 2.45) is 7.05 Å². The predicted molar refractivity (Wildman–Crippen MR) is 75.0 cm³/mol. The van der Waals surface area contributed by atoms with Gasteiger partial charge >= 0.3 is 11.7 Å². The van der Waals surface area contributed by atoms with Crippen molar-refractivity contribution in [3.05, 3.63) is 33.1 Å².